The van der Waals surface area contributed by atoms with Gasteiger partial charge >= 0.3 is 0 Å². The quantitative estimate of drug-likeness (QED) is 0.599. The molecule has 0 unspecified atom stereocenters. The Morgan fingerprint density at radius 1 is 1.12 bits per heavy atom. The number of rotatable bonds is 1. The third-order valence-corrected chi connectivity index (χ3v) is 2.68. The van der Waals surface area contributed by atoms with Crippen molar-refractivity contribution >= 4 is 17.1 Å². The third-order valence-electron chi connectivity index (χ3n) is 2.68. The number of aromatic hydroxyl groups is 2. The molecule has 84 valence electrons. The normalized spacial score (nSPS) is 13.6. The molecule has 4 N–H and O–H groups in total. The first-order valence-corrected chi connectivity index (χ1v) is 5.05. The minimum atomic E-state index is -0.182. The number of nitrogens with zero attached hydrogens (tertiary/aromatic N) is 1. The number of hydrogen-bond acceptors (Lipinski definition) is 4. The topological polar surface area (TPSA) is 92.5 Å². The molecule has 1 aromatic carbocycles. The van der Waals surface area contributed by atoms with E-state index in [9.17, 15) is 10.2 Å². The van der Waals surface area contributed by atoms with Crippen molar-refractivity contribution in [2.75, 3.05) is 0 Å². The number of aromatic amines is 1. The summed E-state index contributed by atoms with van der Waals surface area (Å²) in [4.78, 5) is 6.64. The standard InChI is InChI=1S/C12H9N3O2/c13-10-6-3-1-2-4-8(6)14-11(10)7-5-9(16)15-12(7)17/h1-5,13,15-17H. The lowest BCUT2D eigenvalue weighted by molar-refractivity contribution is 0.425. The number of aromatic nitrogens is 1. The van der Waals surface area contributed by atoms with Gasteiger partial charge in [0.2, 0.25) is 5.88 Å². The highest BCUT2D eigenvalue weighted by Gasteiger charge is 2.25. The average molecular weight is 227 g/mol. The minimum Gasteiger partial charge on any atom is -0.494 e. The van der Waals surface area contributed by atoms with E-state index < -0.39 is 0 Å². The Labute approximate surface area is 96.6 Å². The summed E-state index contributed by atoms with van der Waals surface area (Å²) in [7, 11) is 0. The van der Waals surface area contributed by atoms with Crippen LogP contribution < -0.4 is 0 Å². The number of hydrogen-bond donors (Lipinski definition) is 4. The molecule has 3 rings (SSSR count). The summed E-state index contributed by atoms with van der Waals surface area (Å²) in [5.74, 6) is -0.331. The maximum atomic E-state index is 9.60. The van der Waals surface area contributed by atoms with Crippen molar-refractivity contribution in [3.05, 3.63) is 41.5 Å². The highest BCUT2D eigenvalue weighted by Crippen LogP contribution is 2.32. The van der Waals surface area contributed by atoms with E-state index in [0.717, 1.165) is 5.56 Å². The van der Waals surface area contributed by atoms with Crippen LogP contribution in [0.1, 0.15) is 11.1 Å². The van der Waals surface area contributed by atoms with Crippen LogP contribution in [0.5, 0.6) is 11.8 Å². The van der Waals surface area contributed by atoms with Gasteiger partial charge in [0, 0.05) is 11.6 Å². The maximum Gasteiger partial charge on any atom is 0.200 e. The highest BCUT2D eigenvalue weighted by atomic mass is 16.3. The molecule has 1 aliphatic heterocycles. The van der Waals surface area contributed by atoms with Gasteiger partial charge < -0.3 is 10.2 Å². The van der Waals surface area contributed by atoms with Crippen molar-refractivity contribution < 1.29 is 10.2 Å². The summed E-state index contributed by atoms with van der Waals surface area (Å²) in [6.45, 7) is 0. The van der Waals surface area contributed by atoms with E-state index in [1.807, 2.05) is 12.1 Å². The molecule has 0 aliphatic carbocycles. The number of para-hydroxylation sites is 1. The molecule has 0 saturated heterocycles. The number of aliphatic imine (C=N–C) groups is 1. The Morgan fingerprint density at radius 3 is 2.53 bits per heavy atom. The fraction of sp³-hybridized carbons (Fsp3) is 0. The van der Waals surface area contributed by atoms with Gasteiger partial charge in [0.25, 0.3) is 0 Å². The van der Waals surface area contributed by atoms with Crippen LogP contribution in [0.2, 0.25) is 0 Å². The fourth-order valence-electron chi connectivity index (χ4n) is 1.89. The van der Waals surface area contributed by atoms with Crippen LogP contribution in [0, 0.1) is 5.41 Å². The zero-order valence-electron chi connectivity index (χ0n) is 8.73. The molecule has 0 saturated carbocycles. The zero-order valence-corrected chi connectivity index (χ0v) is 8.73. The molecule has 2 heterocycles. The van der Waals surface area contributed by atoms with E-state index in [4.69, 9.17) is 5.41 Å². The molecular weight excluding hydrogens is 218 g/mol. The van der Waals surface area contributed by atoms with Crippen molar-refractivity contribution in [1.82, 2.24) is 4.98 Å². The van der Waals surface area contributed by atoms with Crippen molar-refractivity contribution in [3.8, 4) is 11.8 Å². The SMILES string of the molecule is N=C1C(c2cc(O)[nH]c2O)=Nc2ccccc21. The molecule has 0 radical (unpaired) electrons. The second-order valence-corrected chi connectivity index (χ2v) is 3.77. The first-order chi connectivity index (χ1) is 8.16. The summed E-state index contributed by atoms with van der Waals surface area (Å²) >= 11 is 0. The van der Waals surface area contributed by atoms with Crippen LogP contribution in [0.25, 0.3) is 0 Å². The highest BCUT2D eigenvalue weighted by molar-refractivity contribution is 6.56. The van der Waals surface area contributed by atoms with Gasteiger partial charge in [-0.2, -0.15) is 0 Å². The number of nitrogens with one attached hydrogen (secondary N) is 2. The molecule has 17 heavy (non-hydrogen) atoms. The smallest absolute Gasteiger partial charge is 0.200 e. The minimum absolute atomic E-state index is 0.149. The van der Waals surface area contributed by atoms with E-state index in [2.05, 4.69) is 9.98 Å². The van der Waals surface area contributed by atoms with Crippen LogP contribution in [0.3, 0.4) is 0 Å². The number of benzene rings is 1. The molecule has 0 spiro atoms. The van der Waals surface area contributed by atoms with Gasteiger partial charge in [-0.05, 0) is 6.07 Å². The Bertz CT molecular complexity index is 656. The van der Waals surface area contributed by atoms with Crippen LogP contribution in [-0.2, 0) is 0 Å². The van der Waals surface area contributed by atoms with Crippen LogP contribution >= 0.6 is 0 Å². The second kappa shape index (κ2) is 3.21. The lowest BCUT2D eigenvalue weighted by Crippen LogP contribution is -2.10. The third kappa shape index (κ3) is 1.32. The maximum absolute atomic E-state index is 9.60. The summed E-state index contributed by atoms with van der Waals surface area (Å²) in [6, 6.07) is 8.64. The zero-order chi connectivity index (χ0) is 12.0. The predicted octanol–water partition coefficient (Wildman–Crippen LogP) is 1.93. The molecule has 5 nitrogen and oxygen atoms in total. The van der Waals surface area contributed by atoms with Crippen LogP contribution in [0.15, 0.2) is 35.3 Å². The lowest BCUT2D eigenvalue weighted by Gasteiger charge is -1.98. The van der Waals surface area contributed by atoms with Gasteiger partial charge in [0.15, 0.2) is 5.88 Å². The fourth-order valence-corrected chi connectivity index (χ4v) is 1.89. The van der Waals surface area contributed by atoms with Crippen LogP contribution in [-0.4, -0.2) is 26.6 Å². The van der Waals surface area contributed by atoms with Crippen molar-refractivity contribution in [2.45, 2.75) is 0 Å². The van der Waals surface area contributed by atoms with Gasteiger partial charge in [0.1, 0.15) is 5.71 Å². The summed E-state index contributed by atoms with van der Waals surface area (Å²) in [5.41, 5.74) is 2.37. The van der Waals surface area contributed by atoms with Crippen molar-refractivity contribution in [2.24, 2.45) is 4.99 Å². The Hall–Kier alpha value is -2.56. The molecule has 0 fully saturated rings. The lowest BCUT2D eigenvalue weighted by atomic mass is 10.0. The molecule has 5 heteroatoms. The summed E-state index contributed by atoms with van der Waals surface area (Å²) < 4.78 is 0. The monoisotopic (exact) mass is 227 g/mol. The van der Waals surface area contributed by atoms with Crippen molar-refractivity contribution in [3.63, 3.8) is 0 Å². The summed E-state index contributed by atoms with van der Waals surface area (Å²) in [5, 5.41) is 26.8. The second-order valence-electron chi connectivity index (χ2n) is 3.77. The van der Waals surface area contributed by atoms with E-state index in [0.29, 0.717) is 17.0 Å². The summed E-state index contributed by atoms with van der Waals surface area (Å²) in [6.07, 6.45) is 0. The average Bonchev–Trinajstić information content (AvgIpc) is 2.80. The molecule has 1 aliphatic rings. The number of H-pyrrole nitrogens is 1. The molecule has 0 amide bonds. The van der Waals surface area contributed by atoms with Gasteiger partial charge in [-0.3, -0.25) is 10.4 Å². The largest absolute Gasteiger partial charge is 0.494 e. The Kier molecular flexibility index (Phi) is 1.82. The molecule has 1 aromatic heterocycles. The first kappa shape index (κ1) is 9.65. The van der Waals surface area contributed by atoms with Gasteiger partial charge in [-0.15, -0.1) is 0 Å². The van der Waals surface area contributed by atoms with Crippen LogP contribution in [0.4, 0.5) is 5.69 Å². The van der Waals surface area contributed by atoms with E-state index >= 15 is 0 Å². The van der Waals surface area contributed by atoms with E-state index in [-0.39, 0.29) is 17.5 Å². The molecular formula is C12H9N3O2. The Morgan fingerprint density at radius 2 is 1.88 bits per heavy atom. The van der Waals surface area contributed by atoms with Gasteiger partial charge in [-0.1, -0.05) is 18.2 Å². The molecule has 0 atom stereocenters. The van der Waals surface area contributed by atoms with Gasteiger partial charge in [-0.25, -0.2) is 4.99 Å². The Balaban J connectivity index is 2.15. The predicted molar refractivity (Wildman–Crippen MR) is 63.6 cm³/mol. The van der Waals surface area contributed by atoms with Crippen molar-refractivity contribution in [1.29, 1.82) is 5.41 Å². The van der Waals surface area contributed by atoms with Gasteiger partial charge in [0.05, 0.1) is 17.0 Å². The molecule has 2 aromatic rings. The van der Waals surface area contributed by atoms with E-state index in [1.54, 1.807) is 12.1 Å². The van der Waals surface area contributed by atoms with E-state index in [1.165, 1.54) is 6.07 Å². The first-order valence-electron chi connectivity index (χ1n) is 5.05. The molecule has 0 bridgehead atoms. The number of fused-ring (bicyclic) bond motifs is 1.